The topological polar surface area (TPSA) is 54.5 Å². The second-order valence-corrected chi connectivity index (χ2v) is 4.84. The third kappa shape index (κ3) is 3.67. The molecule has 0 radical (unpaired) electrons. The monoisotopic (exact) mass is 263 g/mol. The lowest BCUT2D eigenvalue weighted by Gasteiger charge is -2.21. The number of aromatic nitrogens is 1. The van der Waals surface area contributed by atoms with E-state index in [2.05, 4.69) is 10.3 Å². The predicted molar refractivity (Wildman–Crippen MR) is 72.9 cm³/mol. The lowest BCUT2D eigenvalue weighted by molar-refractivity contribution is -0.131. The van der Waals surface area contributed by atoms with E-state index in [1.165, 1.54) is 0 Å². The zero-order chi connectivity index (χ0) is 13.7. The Morgan fingerprint density at radius 1 is 1.47 bits per heavy atom. The first-order chi connectivity index (χ1) is 9.20. The highest BCUT2D eigenvalue weighted by molar-refractivity contribution is 5.81. The van der Waals surface area contributed by atoms with Gasteiger partial charge in [-0.2, -0.15) is 0 Å². The maximum atomic E-state index is 12.1. The van der Waals surface area contributed by atoms with Crippen LogP contribution in [0.5, 0.6) is 5.88 Å². The molecule has 5 heteroatoms. The fourth-order valence-electron chi connectivity index (χ4n) is 2.21. The molecule has 1 saturated heterocycles. The van der Waals surface area contributed by atoms with Gasteiger partial charge in [0.05, 0.1) is 13.2 Å². The van der Waals surface area contributed by atoms with Crippen LogP contribution in [0.1, 0.15) is 25.3 Å². The molecule has 104 valence electrons. The van der Waals surface area contributed by atoms with E-state index < -0.39 is 0 Å². The van der Waals surface area contributed by atoms with Gasteiger partial charge in [0.2, 0.25) is 11.8 Å². The molecule has 0 aromatic carbocycles. The van der Waals surface area contributed by atoms with Crippen LogP contribution in [0.25, 0.3) is 0 Å². The fourth-order valence-corrected chi connectivity index (χ4v) is 2.21. The van der Waals surface area contributed by atoms with Crippen LogP contribution in [0.2, 0.25) is 0 Å². The van der Waals surface area contributed by atoms with Crippen molar-refractivity contribution < 1.29 is 9.53 Å². The van der Waals surface area contributed by atoms with Crippen molar-refractivity contribution in [2.24, 2.45) is 0 Å². The summed E-state index contributed by atoms with van der Waals surface area (Å²) in [6.07, 6.45) is 4.01. The van der Waals surface area contributed by atoms with Crippen molar-refractivity contribution in [2.45, 2.75) is 32.4 Å². The molecule has 0 aliphatic carbocycles. The van der Waals surface area contributed by atoms with E-state index in [9.17, 15) is 4.79 Å². The summed E-state index contributed by atoms with van der Waals surface area (Å²) in [7, 11) is 1.59. The maximum Gasteiger partial charge on any atom is 0.239 e. The van der Waals surface area contributed by atoms with E-state index >= 15 is 0 Å². The number of likely N-dealkylation sites (tertiary alicyclic amines) is 1. The van der Waals surface area contributed by atoms with E-state index in [-0.39, 0.29) is 11.9 Å². The second-order valence-electron chi connectivity index (χ2n) is 4.84. The van der Waals surface area contributed by atoms with Crippen LogP contribution in [-0.4, -0.2) is 42.0 Å². The molecular weight excluding hydrogens is 242 g/mol. The summed E-state index contributed by atoms with van der Waals surface area (Å²) in [5, 5.41) is 3.24. The summed E-state index contributed by atoms with van der Waals surface area (Å²) in [6.45, 7) is 4.35. The lowest BCUT2D eigenvalue weighted by atomic mass is 10.2. The molecule has 0 saturated carbocycles. The molecule has 0 bridgehead atoms. The first-order valence-electron chi connectivity index (χ1n) is 6.72. The number of hydrogen-bond acceptors (Lipinski definition) is 4. The summed E-state index contributed by atoms with van der Waals surface area (Å²) in [5.74, 6) is 0.795. The molecule has 1 amide bonds. The molecule has 19 heavy (non-hydrogen) atoms. The highest BCUT2D eigenvalue weighted by atomic mass is 16.5. The number of nitrogens with zero attached hydrogens (tertiary/aromatic N) is 2. The number of amides is 1. The molecule has 1 atom stereocenters. The molecule has 5 nitrogen and oxygen atoms in total. The van der Waals surface area contributed by atoms with Gasteiger partial charge in [0.15, 0.2) is 0 Å². The highest BCUT2D eigenvalue weighted by Crippen LogP contribution is 2.10. The predicted octanol–water partition coefficient (Wildman–Crippen LogP) is 1.19. The molecular formula is C14H21N3O2. The van der Waals surface area contributed by atoms with Gasteiger partial charge in [-0.3, -0.25) is 4.79 Å². The quantitative estimate of drug-likeness (QED) is 0.867. The number of nitrogens with one attached hydrogen (secondary N) is 1. The van der Waals surface area contributed by atoms with Crippen LogP contribution in [-0.2, 0) is 11.3 Å². The summed E-state index contributed by atoms with van der Waals surface area (Å²) in [4.78, 5) is 18.2. The van der Waals surface area contributed by atoms with Gasteiger partial charge < -0.3 is 15.0 Å². The minimum atomic E-state index is -0.153. The first-order valence-corrected chi connectivity index (χ1v) is 6.72. The van der Waals surface area contributed by atoms with Crippen molar-refractivity contribution in [3.63, 3.8) is 0 Å². The zero-order valence-electron chi connectivity index (χ0n) is 11.6. The van der Waals surface area contributed by atoms with E-state index in [1.807, 2.05) is 24.0 Å². The van der Waals surface area contributed by atoms with Crippen LogP contribution in [0.3, 0.4) is 0 Å². The number of ether oxygens (including phenoxy) is 1. The van der Waals surface area contributed by atoms with Crippen LogP contribution in [0.15, 0.2) is 18.3 Å². The number of carbonyl (C=O) groups excluding carboxylic acids is 1. The summed E-state index contributed by atoms with van der Waals surface area (Å²) < 4.78 is 5.01. The van der Waals surface area contributed by atoms with E-state index in [0.717, 1.165) is 31.5 Å². The molecule has 0 spiro atoms. The summed E-state index contributed by atoms with van der Waals surface area (Å²) >= 11 is 0. The maximum absolute atomic E-state index is 12.1. The number of rotatable bonds is 5. The fraction of sp³-hybridized carbons (Fsp3) is 0.571. The first kappa shape index (κ1) is 13.8. The Morgan fingerprint density at radius 3 is 2.79 bits per heavy atom. The molecule has 1 aliphatic heterocycles. The van der Waals surface area contributed by atoms with E-state index in [1.54, 1.807) is 13.3 Å². The molecule has 1 fully saturated rings. The van der Waals surface area contributed by atoms with Gasteiger partial charge in [0, 0.05) is 31.9 Å². The minimum absolute atomic E-state index is 0.153. The largest absolute Gasteiger partial charge is 0.481 e. The van der Waals surface area contributed by atoms with Gasteiger partial charge in [0.1, 0.15) is 0 Å². The van der Waals surface area contributed by atoms with Crippen LogP contribution >= 0.6 is 0 Å². The number of hydrogen-bond donors (Lipinski definition) is 1. The zero-order valence-corrected chi connectivity index (χ0v) is 11.6. The smallest absolute Gasteiger partial charge is 0.239 e. The minimum Gasteiger partial charge on any atom is -0.481 e. The van der Waals surface area contributed by atoms with Gasteiger partial charge in [-0.05, 0) is 25.3 Å². The van der Waals surface area contributed by atoms with Gasteiger partial charge >= 0.3 is 0 Å². The summed E-state index contributed by atoms with van der Waals surface area (Å²) in [5.41, 5.74) is 1.04. The number of carbonyl (C=O) groups is 1. The normalized spacial score (nSPS) is 16.4. The lowest BCUT2D eigenvalue weighted by Crippen LogP contribution is -2.43. The van der Waals surface area contributed by atoms with Crippen molar-refractivity contribution in [1.29, 1.82) is 0 Å². The van der Waals surface area contributed by atoms with Crippen LogP contribution in [0, 0.1) is 0 Å². The highest BCUT2D eigenvalue weighted by Gasteiger charge is 2.22. The van der Waals surface area contributed by atoms with Crippen LogP contribution in [0.4, 0.5) is 0 Å². The molecule has 1 N–H and O–H groups in total. The number of methoxy groups -OCH3 is 1. The third-order valence-electron chi connectivity index (χ3n) is 3.41. The van der Waals surface area contributed by atoms with Crippen molar-refractivity contribution in [3.05, 3.63) is 23.9 Å². The molecule has 2 heterocycles. The average Bonchev–Trinajstić information content (AvgIpc) is 2.98. The van der Waals surface area contributed by atoms with Crippen molar-refractivity contribution >= 4 is 5.91 Å². The standard InChI is InChI=1S/C14H21N3O2/c1-11(14(18)17-7-3-4-8-17)15-9-12-5-6-13(19-2)16-10-12/h5-6,10-11,15H,3-4,7-9H2,1-2H3. The van der Waals surface area contributed by atoms with Gasteiger partial charge in [0.25, 0.3) is 0 Å². The van der Waals surface area contributed by atoms with E-state index in [0.29, 0.717) is 12.4 Å². The summed E-state index contributed by atoms with van der Waals surface area (Å²) in [6, 6.07) is 3.62. The molecule has 1 unspecified atom stereocenters. The van der Waals surface area contributed by atoms with Crippen molar-refractivity contribution in [3.8, 4) is 5.88 Å². The molecule has 2 rings (SSSR count). The Bertz CT molecular complexity index is 413. The van der Waals surface area contributed by atoms with Gasteiger partial charge in [-0.1, -0.05) is 6.07 Å². The number of pyridine rings is 1. The van der Waals surface area contributed by atoms with E-state index in [4.69, 9.17) is 4.74 Å². The Balaban J connectivity index is 1.81. The third-order valence-corrected chi connectivity index (χ3v) is 3.41. The van der Waals surface area contributed by atoms with Gasteiger partial charge in [-0.25, -0.2) is 4.98 Å². The van der Waals surface area contributed by atoms with Gasteiger partial charge in [-0.15, -0.1) is 0 Å². The Hall–Kier alpha value is -1.62. The molecule has 1 aromatic rings. The van der Waals surface area contributed by atoms with Crippen molar-refractivity contribution in [1.82, 2.24) is 15.2 Å². The Labute approximate surface area is 114 Å². The van der Waals surface area contributed by atoms with Crippen molar-refractivity contribution in [2.75, 3.05) is 20.2 Å². The molecule has 1 aliphatic rings. The molecule has 1 aromatic heterocycles. The second kappa shape index (κ2) is 6.52. The Kier molecular flexibility index (Phi) is 4.74. The average molecular weight is 263 g/mol. The SMILES string of the molecule is COc1ccc(CNC(C)C(=O)N2CCCC2)cn1. The van der Waals surface area contributed by atoms with Crippen LogP contribution < -0.4 is 10.1 Å². The Morgan fingerprint density at radius 2 is 2.21 bits per heavy atom.